The fourth-order valence-electron chi connectivity index (χ4n) is 2.99. The van der Waals surface area contributed by atoms with Gasteiger partial charge >= 0.3 is 0 Å². The van der Waals surface area contributed by atoms with Crippen molar-refractivity contribution in [3.63, 3.8) is 0 Å². The summed E-state index contributed by atoms with van der Waals surface area (Å²) < 4.78 is 27.5. The number of carbonyl (C=O) groups is 2. The van der Waals surface area contributed by atoms with Crippen LogP contribution in [-0.2, 0) is 14.8 Å². The summed E-state index contributed by atoms with van der Waals surface area (Å²) in [6, 6.07) is 19.6. The molecule has 3 aromatic rings. The molecule has 7 nitrogen and oxygen atoms in total. The molecule has 0 aliphatic carbocycles. The third-order valence-electron chi connectivity index (χ3n) is 4.62. The van der Waals surface area contributed by atoms with Crippen LogP contribution in [0.15, 0.2) is 82.6 Å². The van der Waals surface area contributed by atoms with Crippen molar-refractivity contribution in [3.05, 3.63) is 78.4 Å². The van der Waals surface area contributed by atoms with Gasteiger partial charge in [0.1, 0.15) is 0 Å². The van der Waals surface area contributed by atoms with Gasteiger partial charge in [0.05, 0.1) is 15.8 Å². The summed E-state index contributed by atoms with van der Waals surface area (Å²) in [7, 11) is -3.74. The van der Waals surface area contributed by atoms with Crippen LogP contribution in [0.2, 0.25) is 0 Å². The number of rotatable bonds is 5. The predicted molar refractivity (Wildman–Crippen MR) is 122 cm³/mol. The molecule has 1 heterocycles. The molecule has 9 heteroatoms. The van der Waals surface area contributed by atoms with Crippen LogP contribution < -0.4 is 15.4 Å². The van der Waals surface area contributed by atoms with Gasteiger partial charge < -0.3 is 10.6 Å². The third-order valence-corrected chi connectivity index (χ3v) is 7.20. The number of benzene rings is 3. The van der Waals surface area contributed by atoms with Crippen LogP contribution in [0.1, 0.15) is 17.3 Å². The number of hydrogen-bond acceptors (Lipinski definition) is 5. The predicted octanol–water partition coefficient (Wildman–Crippen LogP) is 4.17. The summed E-state index contributed by atoms with van der Waals surface area (Å²) in [4.78, 5) is 25.5. The minimum absolute atomic E-state index is 0.0805. The molecule has 0 unspecified atom stereocenters. The maximum absolute atomic E-state index is 12.6. The van der Waals surface area contributed by atoms with Crippen LogP contribution in [0.25, 0.3) is 0 Å². The highest BCUT2D eigenvalue weighted by molar-refractivity contribution is 8.01. The van der Waals surface area contributed by atoms with E-state index in [0.717, 1.165) is 4.90 Å². The lowest BCUT2D eigenvalue weighted by atomic mass is 10.1. The molecule has 158 valence electrons. The zero-order valence-electron chi connectivity index (χ0n) is 16.5. The lowest BCUT2D eigenvalue weighted by Gasteiger charge is -2.21. The van der Waals surface area contributed by atoms with Gasteiger partial charge in [-0.15, -0.1) is 11.8 Å². The largest absolute Gasteiger partial charge is 0.324 e. The normalized spacial score (nSPS) is 15.5. The van der Waals surface area contributed by atoms with Crippen molar-refractivity contribution in [3.8, 4) is 0 Å². The second kappa shape index (κ2) is 8.44. The van der Waals surface area contributed by atoms with Crippen molar-refractivity contribution >= 4 is 50.7 Å². The molecule has 31 heavy (non-hydrogen) atoms. The molecule has 1 aliphatic rings. The maximum Gasteiger partial charge on any atom is 0.261 e. The van der Waals surface area contributed by atoms with E-state index in [-0.39, 0.29) is 22.0 Å². The Morgan fingerprint density at radius 2 is 1.68 bits per heavy atom. The summed E-state index contributed by atoms with van der Waals surface area (Å²) in [6.07, 6.45) is 0. The van der Waals surface area contributed by atoms with E-state index in [0.29, 0.717) is 22.6 Å². The topological polar surface area (TPSA) is 104 Å². The molecule has 3 aromatic carbocycles. The first-order valence-corrected chi connectivity index (χ1v) is 11.8. The van der Waals surface area contributed by atoms with Crippen molar-refractivity contribution < 1.29 is 18.0 Å². The Labute approximate surface area is 184 Å². The molecule has 0 saturated heterocycles. The fourth-order valence-corrected chi connectivity index (χ4v) is 4.98. The average molecular weight is 454 g/mol. The van der Waals surface area contributed by atoms with Gasteiger partial charge in [0.15, 0.2) is 0 Å². The minimum atomic E-state index is -3.74. The third kappa shape index (κ3) is 4.73. The Bertz CT molecular complexity index is 1240. The number of para-hydroxylation sites is 1. The standard InChI is InChI=1S/C22H19N3O4S2/c1-14-21(26)24-19-13-15(7-12-20(19)30-14)22(27)23-16-8-10-18(11-9-16)31(28,29)25-17-5-3-2-4-6-17/h2-14,25H,1H3,(H,23,27)(H,24,26)/t14-/m0/s1. The number of amides is 2. The number of nitrogens with one attached hydrogen (secondary N) is 3. The van der Waals surface area contributed by atoms with Crippen LogP contribution in [0.3, 0.4) is 0 Å². The van der Waals surface area contributed by atoms with Gasteiger partial charge in [0.2, 0.25) is 5.91 Å². The molecule has 0 spiro atoms. The van der Waals surface area contributed by atoms with Crippen LogP contribution in [0.4, 0.5) is 17.1 Å². The Balaban J connectivity index is 1.46. The van der Waals surface area contributed by atoms with Crippen molar-refractivity contribution in [2.75, 3.05) is 15.4 Å². The highest BCUT2D eigenvalue weighted by Gasteiger charge is 2.24. The molecular formula is C22H19N3O4S2. The Morgan fingerprint density at radius 3 is 2.39 bits per heavy atom. The first-order chi connectivity index (χ1) is 14.8. The molecule has 1 atom stereocenters. The number of sulfonamides is 1. The number of anilines is 3. The summed E-state index contributed by atoms with van der Waals surface area (Å²) in [5, 5.41) is 5.36. The summed E-state index contributed by atoms with van der Waals surface area (Å²) in [6.45, 7) is 1.82. The van der Waals surface area contributed by atoms with E-state index in [2.05, 4.69) is 15.4 Å². The smallest absolute Gasteiger partial charge is 0.261 e. The molecule has 1 aliphatic heterocycles. The van der Waals surface area contributed by atoms with E-state index >= 15 is 0 Å². The molecule has 0 saturated carbocycles. The van der Waals surface area contributed by atoms with E-state index in [1.165, 1.54) is 36.0 Å². The Morgan fingerprint density at radius 1 is 0.968 bits per heavy atom. The van der Waals surface area contributed by atoms with Gasteiger partial charge in [0, 0.05) is 21.8 Å². The van der Waals surface area contributed by atoms with Crippen molar-refractivity contribution in [2.45, 2.75) is 22.0 Å². The summed E-state index contributed by atoms with van der Waals surface area (Å²) in [5.41, 5.74) is 1.91. The maximum atomic E-state index is 12.6. The minimum Gasteiger partial charge on any atom is -0.324 e. The van der Waals surface area contributed by atoms with Gasteiger partial charge in [-0.25, -0.2) is 8.42 Å². The van der Waals surface area contributed by atoms with E-state index in [9.17, 15) is 18.0 Å². The van der Waals surface area contributed by atoms with Gasteiger partial charge in [-0.05, 0) is 61.5 Å². The zero-order chi connectivity index (χ0) is 22.0. The first kappa shape index (κ1) is 21.0. The van der Waals surface area contributed by atoms with Gasteiger partial charge in [-0.2, -0.15) is 0 Å². The molecule has 0 fully saturated rings. The van der Waals surface area contributed by atoms with Crippen molar-refractivity contribution in [1.29, 1.82) is 0 Å². The molecule has 2 amide bonds. The second-order valence-corrected chi connectivity index (χ2v) is 9.98. The van der Waals surface area contributed by atoms with Crippen LogP contribution >= 0.6 is 11.8 Å². The molecule has 0 radical (unpaired) electrons. The van der Waals surface area contributed by atoms with E-state index < -0.39 is 10.0 Å². The molecule has 0 bridgehead atoms. The fraction of sp³-hybridized carbons (Fsp3) is 0.0909. The van der Waals surface area contributed by atoms with Gasteiger partial charge in [-0.1, -0.05) is 18.2 Å². The second-order valence-electron chi connectivity index (χ2n) is 6.91. The van der Waals surface area contributed by atoms with Crippen LogP contribution in [0, 0.1) is 0 Å². The lowest BCUT2D eigenvalue weighted by Crippen LogP contribution is -2.26. The number of fused-ring (bicyclic) bond motifs is 1. The van der Waals surface area contributed by atoms with E-state index in [1.807, 2.05) is 6.92 Å². The quantitative estimate of drug-likeness (QED) is 0.538. The molecular weight excluding hydrogens is 434 g/mol. The van der Waals surface area contributed by atoms with Crippen molar-refractivity contribution in [1.82, 2.24) is 0 Å². The molecule has 3 N–H and O–H groups in total. The lowest BCUT2D eigenvalue weighted by molar-refractivity contribution is -0.115. The Hall–Kier alpha value is -3.30. The van der Waals surface area contributed by atoms with Gasteiger partial charge in [-0.3, -0.25) is 14.3 Å². The highest BCUT2D eigenvalue weighted by atomic mass is 32.2. The van der Waals surface area contributed by atoms with Gasteiger partial charge in [0.25, 0.3) is 15.9 Å². The monoisotopic (exact) mass is 453 g/mol. The Kier molecular flexibility index (Phi) is 5.71. The van der Waals surface area contributed by atoms with Crippen LogP contribution in [0.5, 0.6) is 0 Å². The average Bonchev–Trinajstić information content (AvgIpc) is 2.75. The molecule has 0 aromatic heterocycles. The van der Waals surface area contributed by atoms with Crippen LogP contribution in [-0.4, -0.2) is 25.5 Å². The SMILES string of the molecule is C[C@@H]1Sc2ccc(C(=O)Nc3ccc(S(=O)(=O)Nc4ccccc4)cc3)cc2NC1=O. The van der Waals surface area contributed by atoms with E-state index in [4.69, 9.17) is 0 Å². The number of thioether (sulfide) groups is 1. The summed E-state index contributed by atoms with van der Waals surface area (Å²) >= 11 is 1.44. The number of hydrogen-bond donors (Lipinski definition) is 3. The van der Waals surface area contributed by atoms with Crippen molar-refractivity contribution in [2.24, 2.45) is 0 Å². The van der Waals surface area contributed by atoms with E-state index in [1.54, 1.807) is 48.5 Å². The first-order valence-electron chi connectivity index (χ1n) is 9.43. The summed E-state index contributed by atoms with van der Waals surface area (Å²) in [5.74, 6) is -0.463. The molecule has 4 rings (SSSR count). The highest BCUT2D eigenvalue weighted by Crippen LogP contribution is 2.36. The zero-order valence-corrected chi connectivity index (χ0v) is 18.1. The number of carbonyl (C=O) groups excluding carboxylic acids is 2.